The van der Waals surface area contributed by atoms with Gasteiger partial charge in [0.15, 0.2) is 11.5 Å². The van der Waals surface area contributed by atoms with Crippen LogP contribution in [0.5, 0.6) is 11.5 Å². The molecule has 3 amide bonds. The molecule has 0 radical (unpaired) electrons. The van der Waals surface area contributed by atoms with E-state index in [4.69, 9.17) is 13.9 Å². The van der Waals surface area contributed by atoms with E-state index in [2.05, 4.69) is 39.2 Å². The number of halogens is 1. The van der Waals surface area contributed by atoms with E-state index in [-0.39, 0.29) is 23.8 Å². The summed E-state index contributed by atoms with van der Waals surface area (Å²) in [5, 5.41) is 2.55. The van der Waals surface area contributed by atoms with Gasteiger partial charge < -0.3 is 23.9 Å². The van der Waals surface area contributed by atoms with Crippen molar-refractivity contribution in [3.63, 3.8) is 0 Å². The van der Waals surface area contributed by atoms with Gasteiger partial charge in [0.1, 0.15) is 18.1 Å². The molecule has 10 heteroatoms. The van der Waals surface area contributed by atoms with Crippen LogP contribution in [0.3, 0.4) is 0 Å². The Balaban J connectivity index is 1.81. The number of rotatable bonds is 8. The van der Waals surface area contributed by atoms with Crippen LogP contribution >= 0.6 is 22.6 Å². The molecular weight excluding hydrogens is 519 g/mol. The molecule has 1 aromatic heterocycles. The Morgan fingerprint density at radius 1 is 1.29 bits per heavy atom. The molecule has 9 nitrogen and oxygen atoms in total. The number of nitrogens with one attached hydrogen (secondary N) is 1. The first-order chi connectivity index (χ1) is 14.9. The normalized spacial score (nSPS) is 14.5. The van der Waals surface area contributed by atoms with Crippen LogP contribution in [0.25, 0.3) is 6.08 Å². The zero-order chi connectivity index (χ0) is 22.5. The lowest BCUT2D eigenvalue weighted by atomic mass is 10.1. The SMILES string of the molecule is C=CCOc1c(I)cc(/C=C2\NC(=O)N(Cc3ccc(C(=O)OC)o3)C2=O)cc1OC. The number of amides is 3. The second kappa shape index (κ2) is 9.69. The van der Waals surface area contributed by atoms with E-state index in [1.165, 1.54) is 26.4 Å². The maximum atomic E-state index is 12.7. The topological polar surface area (TPSA) is 107 Å². The van der Waals surface area contributed by atoms with E-state index in [0.717, 1.165) is 8.47 Å². The molecule has 0 unspecified atom stereocenters. The molecule has 162 valence electrons. The molecule has 1 aromatic carbocycles. The van der Waals surface area contributed by atoms with Crippen molar-refractivity contribution in [2.75, 3.05) is 20.8 Å². The van der Waals surface area contributed by atoms with Gasteiger partial charge in [0.2, 0.25) is 5.76 Å². The maximum Gasteiger partial charge on any atom is 0.373 e. The highest BCUT2D eigenvalue weighted by atomic mass is 127. The maximum absolute atomic E-state index is 12.7. The van der Waals surface area contributed by atoms with E-state index in [1.807, 2.05) is 0 Å². The smallest absolute Gasteiger partial charge is 0.373 e. The molecule has 1 aliphatic rings. The van der Waals surface area contributed by atoms with Crippen LogP contribution in [0.4, 0.5) is 4.79 Å². The van der Waals surface area contributed by atoms with Crippen molar-refractivity contribution < 1.29 is 33.0 Å². The average Bonchev–Trinajstić information content (AvgIpc) is 3.32. The predicted molar refractivity (Wildman–Crippen MR) is 119 cm³/mol. The number of esters is 1. The minimum Gasteiger partial charge on any atom is -0.493 e. The van der Waals surface area contributed by atoms with Crippen molar-refractivity contribution in [2.24, 2.45) is 0 Å². The highest BCUT2D eigenvalue weighted by Crippen LogP contribution is 2.35. The largest absolute Gasteiger partial charge is 0.493 e. The molecule has 1 saturated heterocycles. The van der Waals surface area contributed by atoms with Crippen LogP contribution in [0.1, 0.15) is 21.9 Å². The molecule has 1 aliphatic heterocycles. The van der Waals surface area contributed by atoms with Crippen LogP contribution in [0.2, 0.25) is 0 Å². The van der Waals surface area contributed by atoms with Crippen LogP contribution in [0.15, 0.2) is 47.0 Å². The van der Waals surface area contributed by atoms with Crippen LogP contribution in [0, 0.1) is 3.57 Å². The van der Waals surface area contributed by atoms with Gasteiger partial charge in [-0.05, 0) is 58.5 Å². The Morgan fingerprint density at radius 3 is 2.74 bits per heavy atom. The summed E-state index contributed by atoms with van der Waals surface area (Å²) in [6.07, 6.45) is 3.17. The third-order valence-corrected chi connectivity index (χ3v) is 5.03. The van der Waals surface area contributed by atoms with E-state index in [0.29, 0.717) is 23.7 Å². The van der Waals surface area contributed by atoms with Crippen LogP contribution < -0.4 is 14.8 Å². The van der Waals surface area contributed by atoms with Gasteiger partial charge in [-0.25, -0.2) is 9.59 Å². The summed E-state index contributed by atoms with van der Waals surface area (Å²) in [6, 6.07) is 5.82. The first kappa shape index (κ1) is 22.4. The molecule has 31 heavy (non-hydrogen) atoms. The number of hydrogen-bond donors (Lipinski definition) is 1. The minimum absolute atomic E-state index is 0.0132. The number of urea groups is 1. The highest BCUT2D eigenvalue weighted by molar-refractivity contribution is 14.1. The summed E-state index contributed by atoms with van der Waals surface area (Å²) >= 11 is 2.10. The van der Waals surface area contributed by atoms with Gasteiger partial charge in [-0.3, -0.25) is 9.69 Å². The Kier molecular flexibility index (Phi) is 7.00. The van der Waals surface area contributed by atoms with Crippen molar-refractivity contribution in [3.8, 4) is 11.5 Å². The molecule has 0 aliphatic carbocycles. The first-order valence-corrected chi connectivity index (χ1v) is 10.1. The molecule has 1 fully saturated rings. The number of ether oxygens (including phenoxy) is 3. The van der Waals surface area contributed by atoms with E-state index in [1.54, 1.807) is 24.3 Å². The quantitative estimate of drug-likeness (QED) is 0.181. The van der Waals surface area contributed by atoms with E-state index >= 15 is 0 Å². The molecule has 0 bridgehead atoms. The van der Waals surface area contributed by atoms with Gasteiger partial charge in [0, 0.05) is 0 Å². The van der Waals surface area contributed by atoms with E-state index < -0.39 is 17.9 Å². The van der Waals surface area contributed by atoms with Gasteiger partial charge >= 0.3 is 12.0 Å². The lowest BCUT2D eigenvalue weighted by Gasteiger charge is -2.12. The number of hydrogen-bond acceptors (Lipinski definition) is 7. The predicted octanol–water partition coefficient (Wildman–Crippen LogP) is 3.34. The summed E-state index contributed by atoms with van der Waals surface area (Å²) < 4.78 is 21.7. The lowest BCUT2D eigenvalue weighted by Crippen LogP contribution is -2.30. The summed E-state index contributed by atoms with van der Waals surface area (Å²) in [5.74, 6) is 0.133. The highest BCUT2D eigenvalue weighted by Gasteiger charge is 2.34. The fraction of sp³-hybridized carbons (Fsp3) is 0.190. The van der Waals surface area contributed by atoms with Gasteiger partial charge in [-0.1, -0.05) is 12.7 Å². The van der Waals surface area contributed by atoms with Crippen molar-refractivity contribution >= 4 is 46.6 Å². The Labute approximate surface area is 191 Å². The molecule has 2 aromatic rings. The molecule has 2 heterocycles. The monoisotopic (exact) mass is 538 g/mol. The van der Waals surface area contributed by atoms with Gasteiger partial charge in [0.05, 0.1) is 24.3 Å². The standard InChI is InChI=1S/C21H19IN2O7/c1-4-7-30-18-14(22)8-12(10-17(18)28-2)9-15-19(25)24(21(27)23-15)11-13-5-6-16(31-13)20(26)29-3/h4-6,8-10H,1,7,11H2,2-3H3,(H,23,27)/b15-9-. The second-order valence-corrected chi connectivity index (χ2v) is 7.43. The Morgan fingerprint density at radius 2 is 2.06 bits per heavy atom. The molecule has 1 N–H and O–H groups in total. The fourth-order valence-corrected chi connectivity index (χ4v) is 3.60. The van der Waals surface area contributed by atoms with Crippen molar-refractivity contribution in [3.05, 3.63) is 63.3 Å². The third kappa shape index (κ3) is 4.90. The number of carbonyl (C=O) groups excluding carboxylic acids is 3. The molecule has 0 atom stereocenters. The molecule has 0 spiro atoms. The van der Waals surface area contributed by atoms with Crippen molar-refractivity contribution in [1.29, 1.82) is 0 Å². The Hall–Kier alpha value is -3.28. The van der Waals surface area contributed by atoms with Gasteiger partial charge in [-0.15, -0.1) is 0 Å². The summed E-state index contributed by atoms with van der Waals surface area (Å²) in [5.41, 5.74) is 0.742. The summed E-state index contributed by atoms with van der Waals surface area (Å²) in [6.45, 7) is 3.81. The molecule has 0 saturated carbocycles. The van der Waals surface area contributed by atoms with E-state index in [9.17, 15) is 14.4 Å². The number of carbonyl (C=O) groups is 3. The fourth-order valence-electron chi connectivity index (χ4n) is 2.82. The van der Waals surface area contributed by atoms with Gasteiger partial charge in [-0.2, -0.15) is 0 Å². The van der Waals surface area contributed by atoms with Gasteiger partial charge in [0.25, 0.3) is 5.91 Å². The van der Waals surface area contributed by atoms with Crippen LogP contribution in [-0.2, 0) is 16.1 Å². The van der Waals surface area contributed by atoms with Crippen molar-refractivity contribution in [1.82, 2.24) is 10.2 Å². The molecular formula is C21H19IN2O7. The Bertz CT molecular complexity index is 1070. The second-order valence-electron chi connectivity index (χ2n) is 6.27. The third-order valence-electron chi connectivity index (χ3n) is 4.23. The number of imide groups is 1. The average molecular weight is 538 g/mol. The number of furan rings is 1. The zero-order valence-electron chi connectivity index (χ0n) is 16.8. The zero-order valence-corrected chi connectivity index (χ0v) is 18.9. The van der Waals surface area contributed by atoms with Crippen molar-refractivity contribution in [2.45, 2.75) is 6.54 Å². The molecule has 3 rings (SSSR count). The number of benzene rings is 1. The number of nitrogens with zero attached hydrogens (tertiary/aromatic N) is 1. The lowest BCUT2D eigenvalue weighted by molar-refractivity contribution is -0.123. The summed E-state index contributed by atoms with van der Waals surface area (Å²) in [4.78, 5) is 37.5. The minimum atomic E-state index is -0.645. The number of methoxy groups -OCH3 is 2. The summed E-state index contributed by atoms with van der Waals surface area (Å²) in [7, 11) is 2.74. The van der Waals surface area contributed by atoms with Crippen LogP contribution in [-0.4, -0.2) is 43.6 Å². The first-order valence-electron chi connectivity index (χ1n) is 9.00.